The van der Waals surface area contributed by atoms with E-state index in [1.54, 1.807) is 11.0 Å². The van der Waals surface area contributed by atoms with Gasteiger partial charge in [0.25, 0.3) is 0 Å². The lowest BCUT2D eigenvalue weighted by Gasteiger charge is -2.32. The first kappa shape index (κ1) is 32.2. The van der Waals surface area contributed by atoms with Crippen LogP contribution in [0.15, 0.2) is 54.6 Å². The van der Waals surface area contributed by atoms with E-state index in [0.29, 0.717) is 51.4 Å². The SMILES string of the molecule is CCN1CCC[C@H]1COc1nc2c(c(NCCN(CCC#N)C(=O)/C=C/CN(C)C)n1)CCN(c1cccc3ccccc13)C2. The zero-order chi connectivity index (χ0) is 31.6. The second kappa shape index (κ2) is 15.7. The predicted molar refractivity (Wildman–Crippen MR) is 179 cm³/mol. The van der Waals surface area contributed by atoms with Crippen molar-refractivity contribution in [2.75, 3.05) is 76.7 Å². The van der Waals surface area contributed by atoms with Crippen LogP contribution < -0.4 is 15.0 Å². The fraction of sp³-hybridized carbons (Fsp3) is 0.486. The minimum atomic E-state index is -0.0922. The molecule has 10 nitrogen and oxygen atoms in total. The number of ether oxygens (including phenoxy) is 1. The summed E-state index contributed by atoms with van der Waals surface area (Å²) in [6, 6.07) is 17.9. The summed E-state index contributed by atoms with van der Waals surface area (Å²) in [6.45, 7) is 8.40. The van der Waals surface area contributed by atoms with Gasteiger partial charge in [-0.1, -0.05) is 49.4 Å². The van der Waals surface area contributed by atoms with Crippen LogP contribution in [0.2, 0.25) is 0 Å². The maximum Gasteiger partial charge on any atom is 0.318 e. The maximum atomic E-state index is 12.9. The lowest BCUT2D eigenvalue weighted by atomic mass is 10.0. The standard InChI is InChI=1S/C35H46N8O2/c1-4-41-21-8-13-28(41)26-45-35-38-31-25-43(32-15-7-12-27-11-5-6-14-29(27)32)23-17-30(31)34(39-35)37-19-24-42(22-10-18-36)33(44)16-9-20-40(2)3/h5-7,9,11-12,14-16,28H,4,8,10,13,17,19-26H2,1-3H3,(H,37,38,39)/b16-9+/t28-/m0/s1. The first-order valence-electron chi connectivity index (χ1n) is 16.2. The first-order chi connectivity index (χ1) is 22.0. The summed E-state index contributed by atoms with van der Waals surface area (Å²) in [5.41, 5.74) is 3.26. The van der Waals surface area contributed by atoms with Crippen LogP contribution in [-0.2, 0) is 17.8 Å². The molecule has 1 saturated heterocycles. The molecule has 2 aromatic carbocycles. The Kier molecular flexibility index (Phi) is 11.2. The molecule has 5 rings (SSSR count). The highest BCUT2D eigenvalue weighted by Gasteiger charge is 2.27. The number of nitrogens with zero attached hydrogens (tertiary/aromatic N) is 7. The Hall–Kier alpha value is -4.20. The Balaban J connectivity index is 1.35. The van der Waals surface area contributed by atoms with E-state index < -0.39 is 0 Å². The quantitative estimate of drug-likeness (QED) is 0.267. The molecule has 1 fully saturated rings. The van der Waals surface area contributed by atoms with Gasteiger partial charge in [-0.2, -0.15) is 15.2 Å². The number of nitrogens with one attached hydrogen (secondary N) is 1. The highest BCUT2D eigenvalue weighted by atomic mass is 16.5. The van der Waals surface area contributed by atoms with Crippen LogP contribution in [0.1, 0.15) is 37.4 Å². The van der Waals surface area contributed by atoms with Gasteiger partial charge in [0.15, 0.2) is 0 Å². The zero-order valence-corrected chi connectivity index (χ0v) is 26.9. The minimum absolute atomic E-state index is 0.0922. The molecule has 0 radical (unpaired) electrons. The van der Waals surface area contributed by atoms with Gasteiger partial charge in [-0.3, -0.25) is 9.69 Å². The van der Waals surface area contributed by atoms with Crippen LogP contribution in [0, 0.1) is 11.3 Å². The van der Waals surface area contributed by atoms with Crippen molar-refractivity contribution in [3.8, 4) is 12.1 Å². The average molecular weight is 611 g/mol. The largest absolute Gasteiger partial charge is 0.462 e. The van der Waals surface area contributed by atoms with Gasteiger partial charge in [-0.15, -0.1) is 0 Å². The van der Waals surface area contributed by atoms with E-state index in [0.717, 1.165) is 49.6 Å². The van der Waals surface area contributed by atoms with E-state index in [2.05, 4.69) is 70.6 Å². The third kappa shape index (κ3) is 8.29. The lowest BCUT2D eigenvalue weighted by molar-refractivity contribution is -0.125. The van der Waals surface area contributed by atoms with Gasteiger partial charge in [-0.05, 0) is 57.9 Å². The number of hydrogen-bond donors (Lipinski definition) is 1. The first-order valence-corrected chi connectivity index (χ1v) is 16.2. The van der Waals surface area contributed by atoms with Crippen molar-refractivity contribution in [1.29, 1.82) is 5.26 Å². The molecule has 0 bridgehead atoms. The molecule has 0 saturated carbocycles. The number of anilines is 2. The van der Waals surface area contributed by atoms with Gasteiger partial charge < -0.3 is 24.8 Å². The molecule has 1 aromatic heterocycles. The van der Waals surface area contributed by atoms with E-state index >= 15 is 0 Å². The van der Waals surface area contributed by atoms with Gasteiger partial charge in [0, 0.05) is 61.5 Å². The number of rotatable bonds is 14. The van der Waals surface area contributed by atoms with Crippen LogP contribution in [-0.4, -0.2) is 103 Å². The summed E-state index contributed by atoms with van der Waals surface area (Å²) >= 11 is 0. The number of nitriles is 1. The van der Waals surface area contributed by atoms with E-state index in [1.807, 2.05) is 25.1 Å². The van der Waals surface area contributed by atoms with Crippen molar-refractivity contribution < 1.29 is 9.53 Å². The molecule has 2 aliphatic rings. The van der Waals surface area contributed by atoms with Gasteiger partial charge in [-0.25, -0.2) is 0 Å². The van der Waals surface area contributed by atoms with E-state index in [-0.39, 0.29) is 12.3 Å². The van der Waals surface area contributed by atoms with Crippen molar-refractivity contribution in [2.45, 2.75) is 45.2 Å². The maximum absolute atomic E-state index is 12.9. The molecule has 1 amide bonds. The third-order valence-corrected chi connectivity index (χ3v) is 8.67. The van der Waals surface area contributed by atoms with Gasteiger partial charge >= 0.3 is 6.01 Å². The van der Waals surface area contributed by atoms with Gasteiger partial charge in [0.1, 0.15) is 12.4 Å². The molecule has 3 heterocycles. The molecule has 3 aromatic rings. The molecular formula is C35H46N8O2. The van der Waals surface area contributed by atoms with E-state index in [9.17, 15) is 4.79 Å². The fourth-order valence-corrected chi connectivity index (χ4v) is 6.28. The summed E-state index contributed by atoms with van der Waals surface area (Å²) < 4.78 is 6.29. The molecule has 1 N–H and O–H groups in total. The Morgan fingerprint density at radius 3 is 2.82 bits per heavy atom. The highest BCUT2D eigenvalue weighted by Crippen LogP contribution is 2.33. The molecule has 45 heavy (non-hydrogen) atoms. The monoisotopic (exact) mass is 610 g/mol. The van der Waals surface area contributed by atoms with Gasteiger partial charge in [0.05, 0.1) is 24.7 Å². The van der Waals surface area contributed by atoms with Crippen LogP contribution in [0.4, 0.5) is 11.5 Å². The number of carbonyl (C=O) groups is 1. The number of likely N-dealkylation sites (tertiary alicyclic amines) is 1. The van der Waals surface area contributed by atoms with Crippen molar-refractivity contribution >= 4 is 28.2 Å². The summed E-state index contributed by atoms with van der Waals surface area (Å²) in [5.74, 6) is 0.674. The molecule has 238 valence electrons. The van der Waals surface area contributed by atoms with Crippen LogP contribution in [0.25, 0.3) is 10.8 Å². The summed E-state index contributed by atoms with van der Waals surface area (Å²) in [4.78, 5) is 31.3. The third-order valence-electron chi connectivity index (χ3n) is 8.67. The second-order valence-electron chi connectivity index (χ2n) is 12.0. The van der Waals surface area contributed by atoms with Crippen LogP contribution in [0.5, 0.6) is 6.01 Å². The van der Waals surface area contributed by atoms with Crippen molar-refractivity contribution in [2.24, 2.45) is 0 Å². The van der Waals surface area contributed by atoms with Gasteiger partial charge in [0.2, 0.25) is 5.91 Å². The van der Waals surface area contributed by atoms with Crippen molar-refractivity contribution in [1.82, 2.24) is 24.7 Å². The predicted octanol–water partition coefficient (Wildman–Crippen LogP) is 4.33. The molecule has 0 aliphatic carbocycles. The summed E-state index contributed by atoms with van der Waals surface area (Å²) in [6.07, 6.45) is 6.83. The summed E-state index contributed by atoms with van der Waals surface area (Å²) in [7, 11) is 3.92. The number of likely N-dealkylation sites (N-methyl/N-ethyl adjacent to an activating group) is 2. The van der Waals surface area contributed by atoms with E-state index in [1.165, 1.54) is 22.9 Å². The Labute approximate surface area is 267 Å². The summed E-state index contributed by atoms with van der Waals surface area (Å²) in [5, 5.41) is 15.1. The Morgan fingerprint density at radius 2 is 2.00 bits per heavy atom. The molecule has 0 spiro atoms. The van der Waals surface area contributed by atoms with Crippen molar-refractivity contribution in [3.63, 3.8) is 0 Å². The zero-order valence-electron chi connectivity index (χ0n) is 26.9. The Morgan fingerprint density at radius 1 is 1.16 bits per heavy atom. The second-order valence-corrected chi connectivity index (χ2v) is 12.0. The number of aromatic nitrogens is 2. The van der Waals surface area contributed by atoms with E-state index in [4.69, 9.17) is 20.0 Å². The molecule has 0 unspecified atom stereocenters. The number of amides is 1. The van der Waals surface area contributed by atoms with Crippen molar-refractivity contribution in [3.05, 3.63) is 65.9 Å². The number of benzene rings is 2. The topological polar surface area (TPSA) is 101 Å². The smallest absolute Gasteiger partial charge is 0.318 e. The minimum Gasteiger partial charge on any atom is -0.462 e. The number of hydrogen-bond acceptors (Lipinski definition) is 9. The van der Waals surface area contributed by atoms with Crippen LogP contribution in [0.3, 0.4) is 0 Å². The molecular weight excluding hydrogens is 564 g/mol. The number of fused-ring (bicyclic) bond motifs is 2. The molecule has 1 atom stereocenters. The number of carbonyl (C=O) groups excluding carboxylic acids is 1. The lowest BCUT2D eigenvalue weighted by Crippen LogP contribution is -2.36. The molecule has 10 heteroatoms. The molecule has 2 aliphatic heterocycles. The average Bonchev–Trinajstić information content (AvgIpc) is 3.52. The van der Waals surface area contributed by atoms with Crippen LogP contribution >= 0.6 is 0 Å². The normalized spacial score (nSPS) is 16.7. The fourth-order valence-electron chi connectivity index (χ4n) is 6.28. The highest BCUT2D eigenvalue weighted by molar-refractivity contribution is 5.94. The Bertz CT molecular complexity index is 1510.